The van der Waals surface area contributed by atoms with Gasteiger partial charge in [0.15, 0.2) is 0 Å². The van der Waals surface area contributed by atoms with E-state index >= 15 is 0 Å². The van der Waals surface area contributed by atoms with E-state index in [4.69, 9.17) is 9.84 Å². The van der Waals surface area contributed by atoms with Crippen molar-refractivity contribution in [2.45, 2.75) is 116 Å². The van der Waals surface area contributed by atoms with Crippen molar-refractivity contribution in [2.24, 2.45) is 23.2 Å². The molecule has 3 rings (SSSR count). The molecule has 0 saturated heterocycles. The van der Waals surface area contributed by atoms with Crippen LogP contribution in [0.1, 0.15) is 91.9 Å². The van der Waals surface area contributed by atoms with E-state index in [0.29, 0.717) is 42.3 Å². The van der Waals surface area contributed by atoms with Crippen molar-refractivity contribution in [1.29, 1.82) is 0 Å². The van der Waals surface area contributed by atoms with E-state index < -0.39 is 23.9 Å². The fraction of sp³-hybridized carbons (Fsp3) is 0.800. The first kappa shape index (κ1) is 28.6. The number of allylic oxidation sites excluding steroid dienone is 3. The van der Waals surface area contributed by atoms with E-state index in [1.165, 1.54) is 37.7 Å². The number of fused-ring (bicyclic) bond motifs is 1. The van der Waals surface area contributed by atoms with Crippen molar-refractivity contribution >= 4 is 0 Å². The summed E-state index contributed by atoms with van der Waals surface area (Å²) in [6.07, 6.45) is 12.1. The van der Waals surface area contributed by atoms with Crippen LogP contribution in [0.4, 0.5) is 0 Å². The Balaban J connectivity index is 1.67. The van der Waals surface area contributed by atoms with Gasteiger partial charge in [-0.1, -0.05) is 51.0 Å². The van der Waals surface area contributed by atoms with Gasteiger partial charge < -0.3 is 25.2 Å². The third-order valence-electron chi connectivity index (χ3n) is 9.17. The maximum Gasteiger partial charge on any atom is 0.114 e. The third-order valence-corrected chi connectivity index (χ3v) is 9.17. The van der Waals surface area contributed by atoms with E-state index in [2.05, 4.69) is 32.6 Å². The lowest BCUT2D eigenvalue weighted by Gasteiger charge is -2.44. The largest absolute Gasteiger partial charge is 0.396 e. The maximum absolute atomic E-state index is 10.7. The summed E-state index contributed by atoms with van der Waals surface area (Å²) < 4.78 is 5.63. The quantitative estimate of drug-likeness (QED) is 0.321. The van der Waals surface area contributed by atoms with Crippen LogP contribution in [0.2, 0.25) is 0 Å². The molecule has 3 aliphatic rings. The summed E-state index contributed by atoms with van der Waals surface area (Å²) in [5.41, 5.74) is 2.79. The lowest BCUT2D eigenvalue weighted by Crippen LogP contribution is -2.45. The lowest BCUT2D eigenvalue weighted by atomic mass is 9.60. The third kappa shape index (κ3) is 6.87. The zero-order valence-corrected chi connectivity index (χ0v) is 22.5. The zero-order valence-electron chi connectivity index (χ0n) is 22.5. The Morgan fingerprint density at radius 1 is 1.20 bits per heavy atom. The van der Waals surface area contributed by atoms with Crippen LogP contribution in [-0.2, 0) is 4.74 Å². The molecule has 5 heteroatoms. The number of aliphatic hydroxyl groups excluding tert-OH is 3. The summed E-state index contributed by atoms with van der Waals surface area (Å²) in [5.74, 6) is 1.98. The minimum absolute atomic E-state index is 0.0269. The molecule has 0 bridgehead atoms. The van der Waals surface area contributed by atoms with Gasteiger partial charge in [0.1, 0.15) is 12.2 Å². The van der Waals surface area contributed by atoms with Gasteiger partial charge in [-0.05, 0) is 93.1 Å². The molecule has 0 heterocycles. The second-order valence-corrected chi connectivity index (χ2v) is 12.4. The topological polar surface area (TPSA) is 90.2 Å². The first-order valence-corrected chi connectivity index (χ1v) is 13.9. The molecule has 0 aromatic heterocycles. The van der Waals surface area contributed by atoms with Gasteiger partial charge in [-0.15, -0.1) is 0 Å². The normalized spacial score (nSPS) is 37.1. The van der Waals surface area contributed by atoms with Gasteiger partial charge in [-0.2, -0.15) is 0 Å². The molecular formula is C30H50O5. The van der Waals surface area contributed by atoms with Crippen LogP contribution in [0.15, 0.2) is 35.5 Å². The van der Waals surface area contributed by atoms with Crippen molar-refractivity contribution in [3.8, 4) is 0 Å². The summed E-state index contributed by atoms with van der Waals surface area (Å²) in [6, 6.07) is 0. The van der Waals surface area contributed by atoms with Crippen molar-refractivity contribution < 1.29 is 25.2 Å². The van der Waals surface area contributed by atoms with Gasteiger partial charge in [0, 0.05) is 19.6 Å². The molecule has 0 amide bonds. The minimum atomic E-state index is -0.931. The summed E-state index contributed by atoms with van der Waals surface area (Å²) in [7, 11) is 0. The molecule has 3 aliphatic carbocycles. The Kier molecular flexibility index (Phi) is 9.84. The van der Waals surface area contributed by atoms with Crippen LogP contribution < -0.4 is 0 Å². The van der Waals surface area contributed by atoms with Crippen LogP contribution in [0.3, 0.4) is 0 Å². The van der Waals surface area contributed by atoms with Crippen LogP contribution in [0.25, 0.3) is 0 Å². The van der Waals surface area contributed by atoms with E-state index in [1.807, 2.05) is 13.8 Å². The van der Waals surface area contributed by atoms with Crippen LogP contribution >= 0.6 is 0 Å². The van der Waals surface area contributed by atoms with Gasteiger partial charge in [0.25, 0.3) is 0 Å². The highest BCUT2D eigenvalue weighted by molar-refractivity contribution is 5.40. The van der Waals surface area contributed by atoms with Gasteiger partial charge >= 0.3 is 0 Å². The SMILES string of the molecule is C=C1/C(=C\C=C2/CCC[C@]3(C)[C@@H]2CC[C@H]3[C@@H](C)CCCC(C)(C)O)C[C@H](O)[C@H](OCCCO)[C@H]1O. The second kappa shape index (κ2) is 12.0. The first-order chi connectivity index (χ1) is 16.5. The molecule has 3 saturated carbocycles. The number of rotatable bonds is 10. The summed E-state index contributed by atoms with van der Waals surface area (Å²) in [5, 5.41) is 40.4. The predicted molar refractivity (Wildman–Crippen MR) is 141 cm³/mol. The minimum Gasteiger partial charge on any atom is -0.396 e. The van der Waals surface area contributed by atoms with Crippen molar-refractivity contribution in [2.75, 3.05) is 13.2 Å². The van der Waals surface area contributed by atoms with Crippen molar-refractivity contribution in [1.82, 2.24) is 0 Å². The summed E-state index contributed by atoms with van der Waals surface area (Å²) >= 11 is 0. The molecule has 4 N–H and O–H groups in total. The van der Waals surface area contributed by atoms with Gasteiger partial charge in [-0.3, -0.25) is 0 Å². The van der Waals surface area contributed by atoms with Crippen molar-refractivity contribution in [3.05, 3.63) is 35.5 Å². The molecular weight excluding hydrogens is 440 g/mol. The Labute approximate surface area is 213 Å². The predicted octanol–water partition coefficient (Wildman–Crippen LogP) is 5.08. The first-order valence-electron chi connectivity index (χ1n) is 13.9. The van der Waals surface area contributed by atoms with Gasteiger partial charge in [0.05, 0.1) is 11.7 Å². The number of aliphatic hydroxyl groups is 4. The lowest BCUT2D eigenvalue weighted by molar-refractivity contribution is -0.0968. The Bertz CT molecular complexity index is 778. The van der Waals surface area contributed by atoms with E-state index in [-0.39, 0.29) is 6.61 Å². The molecule has 7 atom stereocenters. The molecule has 3 fully saturated rings. The highest BCUT2D eigenvalue weighted by Crippen LogP contribution is 2.60. The van der Waals surface area contributed by atoms with Crippen LogP contribution in [-0.4, -0.2) is 57.6 Å². The molecule has 0 aromatic rings. The molecule has 0 unspecified atom stereocenters. The molecule has 5 nitrogen and oxygen atoms in total. The second-order valence-electron chi connectivity index (χ2n) is 12.4. The van der Waals surface area contributed by atoms with Gasteiger partial charge in [-0.25, -0.2) is 0 Å². The van der Waals surface area contributed by atoms with Crippen LogP contribution in [0.5, 0.6) is 0 Å². The fourth-order valence-corrected chi connectivity index (χ4v) is 7.21. The molecule has 0 aromatic carbocycles. The molecule has 35 heavy (non-hydrogen) atoms. The van der Waals surface area contributed by atoms with E-state index in [9.17, 15) is 15.3 Å². The summed E-state index contributed by atoms with van der Waals surface area (Å²) in [6.45, 7) is 13.2. The molecule has 0 spiro atoms. The maximum atomic E-state index is 10.7. The standard InChI is InChI=1S/C30H50O5/c1-20(9-6-15-29(3,4)34)24-13-14-25-22(10-7-16-30(24,25)5)11-12-23-19-26(32)28(27(33)21(23)2)35-18-8-17-31/h11-12,20,24-28,31-34H,2,6-10,13-19H2,1,3-5H3/b22-11+,23-12-/t20-,24-,25+,26-,27-,28-,30-/m0/s1. The smallest absolute Gasteiger partial charge is 0.114 e. The van der Waals surface area contributed by atoms with Crippen molar-refractivity contribution in [3.63, 3.8) is 0 Å². The van der Waals surface area contributed by atoms with E-state index in [0.717, 1.165) is 30.8 Å². The average molecular weight is 491 g/mol. The highest BCUT2D eigenvalue weighted by Gasteiger charge is 2.50. The van der Waals surface area contributed by atoms with Crippen LogP contribution in [0, 0.1) is 23.2 Å². The number of hydrogen-bond acceptors (Lipinski definition) is 5. The molecule has 200 valence electrons. The average Bonchev–Trinajstić information content (AvgIpc) is 3.14. The monoisotopic (exact) mass is 490 g/mol. The Hall–Kier alpha value is -0.980. The zero-order chi connectivity index (χ0) is 25.8. The molecule has 0 aliphatic heterocycles. The molecule has 0 radical (unpaired) electrons. The van der Waals surface area contributed by atoms with Gasteiger partial charge in [0.2, 0.25) is 0 Å². The number of ether oxygens (including phenoxy) is 1. The Morgan fingerprint density at radius 3 is 2.63 bits per heavy atom. The summed E-state index contributed by atoms with van der Waals surface area (Å²) in [4.78, 5) is 0. The van der Waals surface area contributed by atoms with E-state index in [1.54, 1.807) is 0 Å². The Morgan fingerprint density at radius 2 is 1.94 bits per heavy atom. The fourth-order valence-electron chi connectivity index (χ4n) is 7.21. The highest BCUT2D eigenvalue weighted by atomic mass is 16.5. The number of hydrogen-bond donors (Lipinski definition) is 4.